The molecule has 1 aliphatic carbocycles. The zero-order valence-corrected chi connectivity index (χ0v) is 14.6. The largest absolute Gasteiger partial charge is 0.309 e. The third kappa shape index (κ3) is 3.57. The molecule has 3 atom stereocenters. The fourth-order valence-corrected chi connectivity index (χ4v) is 4.44. The van der Waals surface area contributed by atoms with Gasteiger partial charge in [-0.2, -0.15) is 0 Å². The van der Waals surface area contributed by atoms with Crippen molar-refractivity contribution in [2.24, 2.45) is 17.8 Å². The van der Waals surface area contributed by atoms with Crippen LogP contribution >= 0.6 is 0 Å². The first-order chi connectivity index (χ1) is 9.32. The summed E-state index contributed by atoms with van der Waals surface area (Å²) in [5.41, 5.74) is 0.268. The molecule has 1 heterocycles. The van der Waals surface area contributed by atoms with Gasteiger partial charge >= 0.3 is 0 Å². The predicted octanol–water partition coefficient (Wildman–Crippen LogP) is 3.91. The van der Waals surface area contributed by atoms with Crippen LogP contribution in [-0.4, -0.2) is 35.6 Å². The molecule has 2 heteroatoms. The molecule has 2 aliphatic rings. The molecule has 0 radical (unpaired) electrons. The second kappa shape index (κ2) is 6.36. The lowest BCUT2D eigenvalue weighted by molar-refractivity contribution is -0.0157. The van der Waals surface area contributed by atoms with Gasteiger partial charge in [0.2, 0.25) is 0 Å². The van der Waals surface area contributed by atoms with Gasteiger partial charge < -0.3 is 5.32 Å². The topological polar surface area (TPSA) is 15.3 Å². The van der Waals surface area contributed by atoms with Gasteiger partial charge in [-0.3, -0.25) is 4.90 Å². The summed E-state index contributed by atoms with van der Waals surface area (Å²) in [5.74, 6) is 2.47. The fraction of sp³-hybridized carbons (Fsp3) is 1.00. The molecule has 2 rings (SSSR count). The maximum Gasteiger partial charge on any atom is 0.0253 e. The lowest BCUT2D eigenvalue weighted by Gasteiger charge is -2.53. The zero-order chi connectivity index (χ0) is 14.9. The molecule has 0 aromatic carbocycles. The van der Waals surface area contributed by atoms with Gasteiger partial charge in [-0.25, -0.2) is 0 Å². The highest BCUT2D eigenvalue weighted by molar-refractivity contribution is 4.98. The minimum atomic E-state index is 0.268. The van der Waals surface area contributed by atoms with Crippen LogP contribution in [0.3, 0.4) is 0 Å². The molecule has 1 aliphatic heterocycles. The Hall–Kier alpha value is -0.0800. The van der Waals surface area contributed by atoms with Crippen molar-refractivity contribution in [3.8, 4) is 0 Å². The van der Waals surface area contributed by atoms with Crippen LogP contribution in [0.25, 0.3) is 0 Å². The van der Waals surface area contributed by atoms with Crippen molar-refractivity contribution in [1.29, 1.82) is 0 Å². The van der Waals surface area contributed by atoms with Crippen LogP contribution in [0, 0.1) is 17.8 Å². The monoisotopic (exact) mass is 280 g/mol. The molecule has 20 heavy (non-hydrogen) atoms. The number of piperazine rings is 1. The molecule has 1 N–H and O–H groups in total. The van der Waals surface area contributed by atoms with Gasteiger partial charge in [-0.05, 0) is 44.4 Å². The average molecular weight is 280 g/mol. The standard InChI is InChI=1S/C18H36N2/c1-13(2)15-9-7-8-10-16(15)20-12-18(5,6)19-11-17(20)14(3)4/h13-17,19H,7-12H2,1-6H3. The fourth-order valence-electron chi connectivity index (χ4n) is 4.44. The van der Waals surface area contributed by atoms with Crippen LogP contribution in [-0.2, 0) is 0 Å². The summed E-state index contributed by atoms with van der Waals surface area (Å²) >= 11 is 0. The van der Waals surface area contributed by atoms with Gasteiger partial charge in [0.15, 0.2) is 0 Å². The second-order valence-corrected chi connectivity index (χ2v) is 8.51. The summed E-state index contributed by atoms with van der Waals surface area (Å²) in [6.45, 7) is 16.8. The minimum absolute atomic E-state index is 0.268. The number of nitrogens with zero attached hydrogens (tertiary/aromatic N) is 1. The van der Waals surface area contributed by atoms with Crippen molar-refractivity contribution in [3.05, 3.63) is 0 Å². The molecular weight excluding hydrogens is 244 g/mol. The highest BCUT2D eigenvalue weighted by Crippen LogP contribution is 2.37. The summed E-state index contributed by atoms with van der Waals surface area (Å²) in [6.07, 6.45) is 5.74. The van der Waals surface area contributed by atoms with E-state index in [1.807, 2.05) is 0 Å². The maximum absolute atomic E-state index is 3.76. The first kappa shape index (κ1) is 16.3. The van der Waals surface area contributed by atoms with E-state index in [4.69, 9.17) is 0 Å². The molecule has 2 nitrogen and oxygen atoms in total. The SMILES string of the molecule is CC(C)C1CCCCC1N1CC(C)(C)NCC1C(C)C. The predicted molar refractivity (Wildman–Crippen MR) is 88.0 cm³/mol. The highest BCUT2D eigenvalue weighted by Gasteiger charge is 2.41. The summed E-state index contributed by atoms with van der Waals surface area (Å²) in [6, 6.07) is 1.53. The van der Waals surface area contributed by atoms with Crippen LogP contribution < -0.4 is 5.32 Å². The third-order valence-corrected chi connectivity index (χ3v) is 5.63. The normalized spacial score (nSPS) is 35.7. The van der Waals surface area contributed by atoms with Crippen LogP contribution in [0.5, 0.6) is 0 Å². The van der Waals surface area contributed by atoms with Gasteiger partial charge in [0.25, 0.3) is 0 Å². The van der Waals surface area contributed by atoms with E-state index in [-0.39, 0.29) is 5.54 Å². The van der Waals surface area contributed by atoms with Crippen molar-refractivity contribution in [3.63, 3.8) is 0 Å². The Bertz CT molecular complexity index is 309. The van der Waals surface area contributed by atoms with E-state index in [9.17, 15) is 0 Å². The van der Waals surface area contributed by atoms with Gasteiger partial charge in [0.1, 0.15) is 0 Å². The van der Waals surface area contributed by atoms with E-state index < -0.39 is 0 Å². The van der Waals surface area contributed by atoms with Crippen LogP contribution in [0.15, 0.2) is 0 Å². The molecule has 3 unspecified atom stereocenters. The number of rotatable bonds is 3. The van der Waals surface area contributed by atoms with E-state index in [0.717, 1.165) is 30.3 Å². The van der Waals surface area contributed by atoms with Gasteiger partial charge in [-0.1, -0.05) is 40.5 Å². The van der Waals surface area contributed by atoms with Crippen molar-refractivity contribution in [2.45, 2.75) is 84.8 Å². The van der Waals surface area contributed by atoms with E-state index in [2.05, 4.69) is 51.8 Å². The van der Waals surface area contributed by atoms with Crippen molar-refractivity contribution < 1.29 is 0 Å². The minimum Gasteiger partial charge on any atom is -0.309 e. The molecule has 1 saturated heterocycles. The van der Waals surface area contributed by atoms with Crippen LogP contribution in [0.1, 0.15) is 67.2 Å². The second-order valence-electron chi connectivity index (χ2n) is 8.51. The summed E-state index contributed by atoms with van der Waals surface area (Å²) in [7, 11) is 0. The Balaban J connectivity index is 2.19. The van der Waals surface area contributed by atoms with Crippen molar-refractivity contribution in [2.75, 3.05) is 13.1 Å². The Kier molecular flexibility index (Phi) is 5.18. The van der Waals surface area contributed by atoms with Gasteiger partial charge in [0, 0.05) is 30.7 Å². The van der Waals surface area contributed by atoms with E-state index in [1.54, 1.807) is 0 Å². The first-order valence-electron chi connectivity index (χ1n) is 8.82. The zero-order valence-electron chi connectivity index (χ0n) is 14.6. The average Bonchev–Trinajstić information content (AvgIpc) is 2.37. The Morgan fingerprint density at radius 2 is 1.65 bits per heavy atom. The molecule has 0 spiro atoms. The Labute approximate surface area is 126 Å². The molecule has 0 bridgehead atoms. The number of nitrogens with one attached hydrogen (secondary N) is 1. The number of hydrogen-bond acceptors (Lipinski definition) is 2. The van der Waals surface area contributed by atoms with Crippen molar-refractivity contribution in [1.82, 2.24) is 10.2 Å². The molecule has 0 aromatic heterocycles. The van der Waals surface area contributed by atoms with Crippen LogP contribution in [0.4, 0.5) is 0 Å². The Morgan fingerprint density at radius 3 is 2.25 bits per heavy atom. The van der Waals surface area contributed by atoms with Gasteiger partial charge in [0.05, 0.1) is 0 Å². The molecule has 2 fully saturated rings. The molecule has 0 amide bonds. The van der Waals surface area contributed by atoms with Crippen LogP contribution in [0.2, 0.25) is 0 Å². The summed E-state index contributed by atoms with van der Waals surface area (Å²) in [4.78, 5) is 2.89. The van der Waals surface area contributed by atoms with Gasteiger partial charge in [-0.15, -0.1) is 0 Å². The highest BCUT2D eigenvalue weighted by atomic mass is 15.3. The molecule has 1 saturated carbocycles. The Morgan fingerprint density at radius 1 is 1.00 bits per heavy atom. The number of hydrogen-bond donors (Lipinski definition) is 1. The van der Waals surface area contributed by atoms with E-state index in [0.29, 0.717) is 6.04 Å². The van der Waals surface area contributed by atoms with E-state index in [1.165, 1.54) is 32.2 Å². The molecular formula is C18H36N2. The third-order valence-electron chi connectivity index (χ3n) is 5.63. The first-order valence-corrected chi connectivity index (χ1v) is 8.82. The smallest absolute Gasteiger partial charge is 0.0253 e. The lowest BCUT2D eigenvalue weighted by Crippen LogP contribution is -2.66. The maximum atomic E-state index is 3.76. The summed E-state index contributed by atoms with van der Waals surface area (Å²) < 4.78 is 0. The lowest BCUT2D eigenvalue weighted by atomic mass is 9.75. The van der Waals surface area contributed by atoms with E-state index >= 15 is 0 Å². The quantitative estimate of drug-likeness (QED) is 0.843. The molecule has 118 valence electrons. The molecule has 0 aromatic rings. The summed E-state index contributed by atoms with van der Waals surface area (Å²) in [5, 5.41) is 3.76. The van der Waals surface area contributed by atoms with Crippen molar-refractivity contribution >= 4 is 0 Å².